The minimum Gasteiger partial charge on any atom is -0.369 e. The van der Waals surface area contributed by atoms with Crippen molar-refractivity contribution >= 4 is 23.6 Å². The predicted octanol–water partition coefficient (Wildman–Crippen LogP) is -0.564. The number of carbonyl (C=O) groups excluding carboxylic acids is 2. The van der Waals surface area contributed by atoms with Gasteiger partial charge in [0.05, 0.1) is 0 Å². The van der Waals surface area contributed by atoms with Crippen molar-refractivity contribution in [3.05, 3.63) is 0 Å². The van der Waals surface area contributed by atoms with Crippen LogP contribution in [0.15, 0.2) is 0 Å². The highest BCUT2D eigenvalue weighted by atomic mass is 32.2. The molecule has 12 heavy (non-hydrogen) atoms. The van der Waals surface area contributed by atoms with E-state index >= 15 is 0 Å². The van der Waals surface area contributed by atoms with Crippen LogP contribution in [0.1, 0.15) is 6.92 Å². The molecular formula is C7H12N2O2S. The van der Waals surface area contributed by atoms with E-state index in [1.165, 1.54) is 18.7 Å². The number of thioether (sulfide) groups is 1. The Morgan fingerprint density at radius 1 is 1.58 bits per heavy atom. The predicted molar refractivity (Wildman–Crippen MR) is 47.7 cm³/mol. The van der Waals surface area contributed by atoms with Crippen LogP contribution in [0.4, 0.5) is 0 Å². The normalized spacial score (nSPS) is 23.8. The van der Waals surface area contributed by atoms with E-state index in [1.807, 2.05) is 0 Å². The minimum absolute atomic E-state index is 0.0153. The van der Waals surface area contributed by atoms with Crippen LogP contribution < -0.4 is 5.73 Å². The van der Waals surface area contributed by atoms with Gasteiger partial charge >= 0.3 is 0 Å². The molecule has 1 aliphatic rings. The first-order chi connectivity index (χ1) is 5.61. The second-order valence-corrected chi connectivity index (χ2v) is 4.04. The quantitative estimate of drug-likeness (QED) is 0.599. The summed E-state index contributed by atoms with van der Waals surface area (Å²) < 4.78 is 0. The number of amides is 2. The van der Waals surface area contributed by atoms with Crippen LogP contribution in [0.3, 0.4) is 0 Å². The Morgan fingerprint density at radius 2 is 2.25 bits per heavy atom. The Balaban J connectivity index is 2.51. The third-order valence-corrected chi connectivity index (χ3v) is 3.03. The number of hydrogen-bond acceptors (Lipinski definition) is 3. The van der Waals surface area contributed by atoms with Gasteiger partial charge in [-0.05, 0) is 0 Å². The van der Waals surface area contributed by atoms with Crippen LogP contribution in [-0.4, -0.2) is 40.8 Å². The minimum atomic E-state index is -0.328. The molecule has 4 nitrogen and oxygen atoms in total. The van der Waals surface area contributed by atoms with E-state index in [0.29, 0.717) is 6.54 Å². The molecule has 1 fully saturated rings. The SMILES string of the molecule is CC(=O)N1CCSC(C(N)=O)C1. The third-order valence-electron chi connectivity index (χ3n) is 1.83. The Labute approximate surface area is 75.5 Å². The van der Waals surface area contributed by atoms with E-state index in [4.69, 9.17) is 5.73 Å². The average Bonchev–Trinajstić information content (AvgIpc) is 2.04. The molecule has 68 valence electrons. The largest absolute Gasteiger partial charge is 0.369 e. The van der Waals surface area contributed by atoms with Crippen molar-refractivity contribution in [2.45, 2.75) is 12.2 Å². The van der Waals surface area contributed by atoms with E-state index in [2.05, 4.69) is 0 Å². The second kappa shape index (κ2) is 3.80. The molecule has 1 unspecified atom stereocenters. The number of primary amides is 1. The molecule has 2 amide bonds. The molecule has 1 heterocycles. The molecule has 0 aromatic heterocycles. The van der Waals surface area contributed by atoms with Crippen molar-refractivity contribution < 1.29 is 9.59 Å². The lowest BCUT2D eigenvalue weighted by Crippen LogP contribution is -2.45. The third kappa shape index (κ3) is 2.14. The zero-order valence-electron chi connectivity index (χ0n) is 6.95. The van der Waals surface area contributed by atoms with Gasteiger partial charge in [-0.25, -0.2) is 0 Å². The van der Waals surface area contributed by atoms with Crippen LogP contribution in [0.25, 0.3) is 0 Å². The highest BCUT2D eigenvalue weighted by molar-refractivity contribution is 8.00. The van der Waals surface area contributed by atoms with Gasteiger partial charge in [-0.15, -0.1) is 11.8 Å². The fourth-order valence-corrected chi connectivity index (χ4v) is 2.17. The lowest BCUT2D eigenvalue weighted by Gasteiger charge is -2.29. The number of nitrogens with two attached hydrogens (primary N) is 1. The Morgan fingerprint density at radius 3 is 2.75 bits per heavy atom. The summed E-state index contributed by atoms with van der Waals surface area (Å²) in [5.41, 5.74) is 5.13. The van der Waals surface area contributed by atoms with Crippen molar-refractivity contribution in [1.29, 1.82) is 0 Å². The molecule has 0 saturated carbocycles. The van der Waals surface area contributed by atoms with E-state index in [9.17, 15) is 9.59 Å². The summed E-state index contributed by atoms with van der Waals surface area (Å²) in [7, 11) is 0. The Kier molecular flexibility index (Phi) is 2.97. The molecule has 0 aromatic carbocycles. The van der Waals surface area contributed by atoms with Crippen molar-refractivity contribution in [2.24, 2.45) is 5.73 Å². The van der Waals surface area contributed by atoms with Crippen LogP contribution >= 0.6 is 11.8 Å². The average molecular weight is 188 g/mol. The number of carbonyl (C=O) groups is 2. The van der Waals surface area contributed by atoms with Gasteiger partial charge in [-0.3, -0.25) is 9.59 Å². The number of rotatable bonds is 1. The van der Waals surface area contributed by atoms with Gasteiger partial charge in [0.1, 0.15) is 5.25 Å². The van der Waals surface area contributed by atoms with Crippen LogP contribution in [0.2, 0.25) is 0 Å². The summed E-state index contributed by atoms with van der Waals surface area (Å²) in [6, 6.07) is 0. The van der Waals surface area contributed by atoms with Gasteiger partial charge in [-0.2, -0.15) is 0 Å². The van der Waals surface area contributed by atoms with Gasteiger partial charge < -0.3 is 10.6 Å². The van der Waals surface area contributed by atoms with Gasteiger partial charge in [0, 0.05) is 25.8 Å². The van der Waals surface area contributed by atoms with Crippen molar-refractivity contribution in [3.8, 4) is 0 Å². The van der Waals surface area contributed by atoms with Crippen molar-refractivity contribution in [2.75, 3.05) is 18.8 Å². The lowest BCUT2D eigenvalue weighted by atomic mass is 10.3. The van der Waals surface area contributed by atoms with Crippen LogP contribution in [0, 0.1) is 0 Å². The molecule has 0 aliphatic carbocycles. The first-order valence-electron chi connectivity index (χ1n) is 3.77. The summed E-state index contributed by atoms with van der Waals surface area (Å²) in [4.78, 5) is 23.4. The maximum Gasteiger partial charge on any atom is 0.232 e. The van der Waals surface area contributed by atoms with Crippen LogP contribution in [-0.2, 0) is 9.59 Å². The summed E-state index contributed by atoms with van der Waals surface area (Å²) in [6.45, 7) is 2.70. The van der Waals surface area contributed by atoms with Crippen molar-refractivity contribution in [3.63, 3.8) is 0 Å². The summed E-state index contributed by atoms with van der Waals surface area (Å²) in [5.74, 6) is 0.486. The second-order valence-electron chi connectivity index (χ2n) is 2.73. The highest BCUT2D eigenvalue weighted by Crippen LogP contribution is 2.17. The van der Waals surface area contributed by atoms with E-state index in [1.54, 1.807) is 4.90 Å². The summed E-state index contributed by atoms with van der Waals surface area (Å²) in [6.07, 6.45) is 0. The van der Waals surface area contributed by atoms with E-state index in [-0.39, 0.29) is 17.1 Å². The molecule has 1 saturated heterocycles. The smallest absolute Gasteiger partial charge is 0.232 e. The summed E-state index contributed by atoms with van der Waals surface area (Å²) >= 11 is 1.52. The molecule has 1 aliphatic heterocycles. The molecular weight excluding hydrogens is 176 g/mol. The standard InChI is InChI=1S/C7H12N2O2S/c1-5(10)9-2-3-12-6(4-9)7(8)11/h6H,2-4H2,1H3,(H2,8,11). The molecule has 2 N–H and O–H groups in total. The maximum absolute atomic E-state index is 10.9. The molecule has 1 rings (SSSR count). The molecule has 1 atom stereocenters. The zero-order valence-corrected chi connectivity index (χ0v) is 7.76. The molecule has 0 spiro atoms. The maximum atomic E-state index is 10.9. The van der Waals surface area contributed by atoms with Gasteiger partial charge in [0.25, 0.3) is 0 Å². The molecule has 5 heteroatoms. The molecule has 0 aromatic rings. The van der Waals surface area contributed by atoms with Gasteiger partial charge in [0.2, 0.25) is 11.8 Å². The fourth-order valence-electron chi connectivity index (χ4n) is 1.11. The number of hydrogen-bond donors (Lipinski definition) is 1. The topological polar surface area (TPSA) is 63.4 Å². The van der Waals surface area contributed by atoms with Crippen molar-refractivity contribution in [1.82, 2.24) is 4.90 Å². The molecule has 0 radical (unpaired) electrons. The highest BCUT2D eigenvalue weighted by Gasteiger charge is 2.25. The summed E-state index contributed by atoms with van der Waals surface area (Å²) in [5, 5.41) is -0.220. The monoisotopic (exact) mass is 188 g/mol. The number of nitrogens with zero attached hydrogens (tertiary/aromatic N) is 1. The van der Waals surface area contributed by atoms with E-state index in [0.717, 1.165) is 12.3 Å². The van der Waals surface area contributed by atoms with Crippen LogP contribution in [0.5, 0.6) is 0 Å². The Bertz CT molecular complexity index is 188. The van der Waals surface area contributed by atoms with Gasteiger partial charge in [0.15, 0.2) is 0 Å². The van der Waals surface area contributed by atoms with E-state index < -0.39 is 0 Å². The Hall–Kier alpha value is -0.710. The fraction of sp³-hybridized carbons (Fsp3) is 0.714. The first-order valence-corrected chi connectivity index (χ1v) is 4.82. The van der Waals surface area contributed by atoms with Gasteiger partial charge in [-0.1, -0.05) is 0 Å². The lowest BCUT2D eigenvalue weighted by molar-refractivity contribution is -0.129. The first kappa shape index (κ1) is 9.38. The zero-order chi connectivity index (χ0) is 9.14. The molecule has 0 bridgehead atoms.